The summed E-state index contributed by atoms with van der Waals surface area (Å²) >= 11 is 0. The molecule has 1 rings (SSSR count). The van der Waals surface area contributed by atoms with Crippen molar-refractivity contribution in [2.45, 2.75) is 18.2 Å². The minimum atomic E-state index is -0.627. The van der Waals surface area contributed by atoms with Gasteiger partial charge in [-0.25, -0.2) is 0 Å². The summed E-state index contributed by atoms with van der Waals surface area (Å²) in [6, 6.07) is -0.189. The summed E-state index contributed by atoms with van der Waals surface area (Å²) in [4.78, 5) is 0. The lowest BCUT2D eigenvalue weighted by Gasteiger charge is -2.39. The van der Waals surface area contributed by atoms with Crippen LogP contribution in [0.5, 0.6) is 0 Å². The molecule has 0 radical (unpaired) electrons. The van der Waals surface area contributed by atoms with Crippen LogP contribution >= 0.6 is 0 Å². The summed E-state index contributed by atoms with van der Waals surface area (Å²) in [6.07, 6.45) is 0.696. The number of ether oxygens (including phenoxy) is 3. The lowest BCUT2D eigenvalue weighted by Crippen LogP contribution is -2.56. The topological polar surface area (TPSA) is 53.7 Å². The fourth-order valence-corrected chi connectivity index (χ4v) is 1.33. The van der Waals surface area contributed by atoms with Gasteiger partial charge in [0.2, 0.25) is 0 Å². The maximum absolute atomic E-state index is 5.76. The Morgan fingerprint density at radius 2 is 2.09 bits per heavy atom. The molecule has 1 unspecified atom stereocenters. The van der Waals surface area contributed by atoms with E-state index >= 15 is 0 Å². The molecule has 0 bridgehead atoms. The van der Waals surface area contributed by atoms with Gasteiger partial charge in [-0.2, -0.15) is 0 Å². The highest BCUT2D eigenvalue weighted by molar-refractivity contribution is 4.85. The molecule has 1 heterocycles. The van der Waals surface area contributed by atoms with Crippen molar-refractivity contribution in [2.24, 2.45) is 5.73 Å². The molecule has 1 aliphatic heterocycles. The number of rotatable bonds is 2. The molecule has 0 aromatic carbocycles. The zero-order chi connectivity index (χ0) is 8.32. The number of hydrogen-bond acceptors (Lipinski definition) is 4. The maximum Gasteiger partial charge on any atom is 0.187 e. The van der Waals surface area contributed by atoms with E-state index in [1.807, 2.05) is 0 Å². The smallest absolute Gasteiger partial charge is 0.187 e. The molecule has 1 fully saturated rings. The molecule has 0 amide bonds. The largest absolute Gasteiger partial charge is 0.379 e. The van der Waals surface area contributed by atoms with Crippen LogP contribution in [0.25, 0.3) is 0 Å². The summed E-state index contributed by atoms with van der Waals surface area (Å²) < 4.78 is 15.6. The Balaban J connectivity index is 2.61. The molecular weight excluding hydrogens is 146 g/mol. The van der Waals surface area contributed by atoms with Crippen molar-refractivity contribution in [3.05, 3.63) is 0 Å². The van der Waals surface area contributed by atoms with E-state index in [2.05, 4.69) is 0 Å². The molecule has 0 spiro atoms. The maximum atomic E-state index is 5.76. The van der Waals surface area contributed by atoms with Gasteiger partial charge in [0.15, 0.2) is 5.79 Å². The van der Waals surface area contributed by atoms with Crippen LogP contribution in [0.1, 0.15) is 6.42 Å². The fourth-order valence-electron chi connectivity index (χ4n) is 1.33. The average Bonchev–Trinajstić information content (AvgIpc) is 2.06. The summed E-state index contributed by atoms with van der Waals surface area (Å²) in [5.74, 6) is -0.627. The van der Waals surface area contributed by atoms with Gasteiger partial charge in [0, 0.05) is 20.6 Å². The van der Waals surface area contributed by atoms with Gasteiger partial charge in [-0.05, 0) is 0 Å². The molecular formula is C7H15NO3. The lowest BCUT2D eigenvalue weighted by atomic mass is 10.0. The average molecular weight is 161 g/mol. The van der Waals surface area contributed by atoms with Crippen LogP contribution in [-0.2, 0) is 14.2 Å². The Labute approximate surface area is 66.6 Å². The zero-order valence-electron chi connectivity index (χ0n) is 7.00. The quantitative estimate of drug-likeness (QED) is 0.566. The SMILES string of the molecule is COC1(OC)CCOCC1N. The Bertz CT molecular complexity index is 125. The van der Waals surface area contributed by atoms with E-state index < -0.39 is 5.79 Å². The predicted octanol–water partition coefficient (Wildman–Crippen LogP) is -0.277. The van der Waals surface area contributed by atoms with Gasteiger partial charge >= 0.3 is 0 Å². The van der Waals surface area contributed by atoms with Crippen LogP contribution in [0.3, 0.4) is 0 Å². The third kappa shape index (κ3) is 1.54. The van der Waals surface area contributed by atoms with E-state index in [0.717, 1.165) is 0 Å². The first kappa shape index (κ1) is 8.93. The summed E-state index contributed by atoms with van der Waals surface area (Å²) in [7, 11) is 3.21. The van der Waals surface area contributed by atoms with E-state index in [1.165, 1.54) is 0 Å². The number of nitrogens with two attached hydrogens (primary N) is 1. The van der Waals surface area contributed by atoms with E-state index in [1.54, 1.807) is 14.2 Å². The molecule has 0 aliphatic carbocycles. The van der Waals surface area contributed by atoms with E-state index in [4.69, 9.17) is 19.9 Å². The molecule has 4 heteroatoms. The second-order valence-corrected chi connectivity index (χ2v) is 2.65. The van der Waals surface area contributed by atoms with Crippen molar-refractivity contribution in [3.8, 4) is 0 Å². The van der Waals surface area contributed by atoms with Crippen molar-refractivity contribution >= 4 is 0 Å². The van der Waals surface area contributed by atoms with Gasteiger partial charge in [0.25, 0.3) is 0 Å². The van der Waals surface area contributed by atoms with E-state index in [0.29, 0.717) is 19.6 Å². The minimum Gasteiger partial charge on any atom is -0.379 e. The van der Waals surface area contributed by atoms with Crippen LogP contribution in [-0.4, -0.2) is 39.3 Å². The second kappa shape index (κ2) is 3.49. The van der Waals surface area contributed by atoms with Gasteiger partial charge in [0.1, 0.15) is 0 Å². The second-order valence-electron chi connectivity index (χ2n) is 2.65. The molecule has 1 aliphatic rings. The first-order chi connectivity index (χ1) is 5.25. The lowest BCUT2D eigenvalue weighted by molar-refractivity contribution is -0.252. The molecule has 0 saturated carbocycles. The standard InChI is InChI=1S/C7H15NO3/c1-9-7(10-2)3-4-11-5-6(7)8/h6H,3-5,8H2,1-2H3. The molecule has 1 saturated heterocycles. The van der Waals surface area contributed by atoms with Crippen LogP contribution < -0.4 is 5.73 Å². The van der Waals surface area contributed by atoms with Crippen molar-refractivity contribution in [1.29, 1.82) is 0 Å². The van der Waals surface area contributed by atoms with Gasteiger partial charge < -0.3 is 19.9 Å². The summed E-state index contributed by atoms with van der Waals surface area (Å²) in [6.45, 7) is 1.15. The Morgan fingerprint density at radius 1 is 1.45 bits per heavy atom. The van der Waals surface area contributed by atoms with Gasteiger partial charge in [-0.3, -0.25) is 0 Å². The highest BCUT2D eigenvalue weighted by atomic mass is 16.7. The Hall–Kier alpha value is -0.160. The predicted molar refractivity (Wildman–Crippen MR) is 40.2 cm³/mol. The first-order valence-corrected chi connectivity index (χ1v) is 3.69. The highest BCUT2D eigenvalue weighted by Crippen LogP contribution is 2.23. The Morgan fingerprint density at radius 3 is 2.45 bits per heavy atom. The molecule has 1 atom stereocenters. The summed E-state index contributed by atoms with van der Waals surface area (Å²) in [5, 5.41) is 0. The van der Waals surface area contributed by atoms with Crippen LogP contribution in [0.15, 0.2) is 0 Å². The third-order valence-electron chi connectivity index (χ3n) is 2.15. The molecule has 66 valence electrons. The highest BCUT2D eigenvalue weighted by Gasteiger charge is 2.39. The van der Waals surface area contributed by atoms with Crippen molar-refractivity contribution < 1.29 is 14.2 Å². The van der Waals surface area contributed by atoms with Crippen LogP contribution in [0.4, 0.5) is 0 Å². The normalized spacial score (nSPS) is 30.3. The van der Waals surface area contributed by atoms with E-state index in [9.17, 15) is 0 Å². The third-order valence-corrected chi connectivity index (χ3v) is 2.15. The van der Waals surface area contributed by atoms with Crippen molar-refractivity contribution in [2.75, 3.05) is 27.4 Å². The van der Waals surface area contributed by atoms with Crippen LogP contribution in [0.2, 0.25) is 0 Å². The minimum absolute atomic E-state index is 0.189. The summed E-state index contributed by atoms with van der Waals surface area (Å²) in [5.41, 5.74) is 5.76. The van der Waals surface area contributed by atoms with Gasteiger partial charge in [0.05, 0.1) is 19.3 Å². The zero-order valence-corrected chi connectivity index (χ0v) is 7.00. The Kier molecular flexibility index (Phi) is 2.84. The van der Waals surface area contributed by atoms with Crippen molar-refractivity contribution in [1.82, 2.24) is 0 Å². The first-order valence-electron chi connectivity index (χ1n) is 3.69. The number of hydrogen-bond donors (Lipinski definition) is 1. The van der Waals surface area contributed by atoms with Crippen molar-refractivity contribution in [3.63, 3.8) is 0 Å². The fraction of sp³-hybridized carbons (Fsp3) is 1.00. The van der Waals surface area contributed by atoms with Gasteiger partial charge in [-0.1, -0.05) is 0 Å². The van der Waals surface area contributed by atoms with Gasteiger partial charge in [-0.15, -0.1) is 0 Å². The van der Waals surface area contributed by atoms with E-state index in [-0.39, 0.29) is 6.04 Å². The number of methoxy groups -OCH3 is 2. The molecule has 4 nitrogen and oxygen atoms in total. The molecule has 0 aromatic rings. The molecule has 11 heavy (non-hydrogen) atoms. The monoisotopic (exact) mass is 161 g/mol. The molecule has 0 aromatic heterocycles. The van der Waals surface area contributed by atoms with Crippen LogP contribution in [0, 0.1) is 0 Å². The molecule has 2 N–H and O–H groups in total.